The number of methoxy groups -OCH3 is 1. The van der Waals surface area contributed by atoms with Gasteiger partial charge in [-0.25, -0.2) is 18.0 Å². The van der Waals surface area contributed by atoms with Crippen LogP contribution >= 0.6 is 0 Å². The maximum absolute atomic E-state index is 13.6. The Morgan fingerprint density at radius 2 is 1.81 bits per heavy atom. The first-order chi connectivity index (χ1) is 12.2. The smallest absolute Gasteiger partial charge is 0.342 e. The monoisotopic (exact) mass is 369 g/mol. The summed E-state index contributed by atoms with van der Waals surface area (Å²) in [4.78, 5) is 24.0. The highest BCUT2D eigenvalue weighted by Gasteiger charge is 2.23. The standard InChI is InChI=1S/C17H14F3NO5/c1-8(16(23)21-12-6-5-11(18)14(19)15(12)20)26-17(24)10-4-3-9(25-2)7-13(10)22/h3-8,22H,1-2H3,(H,21,23)/t8-/m0/s1. The molecule has 9 heteroatoms. The van der Waals surface area contributed by atoms with Crippen LogP contribution in [0.5, 0.6) is 11.5 Å². The van der Waals surface area contributed by atoms with E-state index >= 15 is 0 Å². The maximum Gasteiger partial charge on any atom is 0.342 e. The predicted molar refractivity (Wildman–Crippen MR) is 84.5 cm³/mol. The molecule has 0 spiro atoms. The van der Waals surface area contributed by atoms with E-state index < -0.39 is 46.9 Å². The van der Waals surface area contributed by atoms with Crippen molar-refractivity contribution in [3.63, 3.8) is 0 Å². The Bertz CT molecular complexity index is 857. The number of phenolic OH excluding ortho intramolecular Hbond substituents is 1. The maximum atomic E-state index is 13.6. The molecule has 138 valence electrons. The molecule has 0 unspecified atom stereocenters. The van der Waals surface area contributed by atoms with Gasteiger partial charge in [-0.15, -0.1) is 0 Å². The Kier molecular flexibility index (Phi) is 5.71. The van der Waals surface area contributed by atoms with Crippen LogP contribution in [0.3, 0.4) is 0 Å². The second kappa shape index (κ2) is 7.77. The number of hydrogen-bond donors (Lipinski definition) is 2. The van der Waals surface area contributed by atoms with Crippen LogP contribution in [-0.4, -0.2) is 30.2 Å². The van der Waals surface area contributed by atoms with Crippen molar-refractivity contribution in [3.05, 3.63) is 53.3 Å². The number of phenols is 1. The van der Waals surface area contributed by atoms with E-state index in [0.717, 1.165) is 6.07 Å². The first-order valence-electron chi connectivity index (χ1n) is 7.27. The zero-order valence-electron chi connectivity index (χ0n) is 13.7. The van der Waals surface area contributed by atoms with Gasteiger partial charge in [-0.05, 0) is 31.2 Å². The van der Waals surface area contributed by atoms with Gasteiger partial charge in [0.2, 0.25) is 0 Å². The van der Waals surface area contributed by atoms with Gasteiger partial charge < -0.3 is 19.9 Å². The summed E-state index contributed by atoms with van der Waals surface area (Å²) in [7, 11) is 1.37. The van der Waals surface area contributed by atoms with Crippen LogP contribution in [0.1, 0.15) is 17.3 Å². The molecule has 0 saturated carbocycles. The quantitative estimate of drug-likeness (QED) is 0.625. The predicted octanol–water partition coefficient (Wildman–Crippen LogP) is 3.00. The van der Waals surface area contributed by atoms with E-state index in [-0.39, 0.29) is 5.56 Å². The highest BCUT2D eigenvalue weighted by atomic mass is 19.2. The van der Waals surface area contributed by atoms with Gasteiger partial charge in [0.15, 0.2) is 23.6 Å². The molecule has 0 saturated heterocycles. The first kappa shape index (κ1) is 19.1. The van der Waals surface area contributed by atoms with Gasteiger partial charge in [0.05, 0.1) is 12.8 Å². The summed E-state index contributed by atoms with van der Waals surface area (Å²) in [6, 6.07) is 5.28. The number of esters is 1. The summed E-state index contributed by atoms with van der Waals surface area (Å²) in [5.74, 6) is -6.84. The third-order valence-electron chi connectivity index (χ3n) is 3.37. The van der Waals surface area contributed by atoms with Crippen molar-refractivity contribution in [3.8, 4) is 11.5 Å². The lowest BCUT2D eigenvalue weighted by molar-refractivity contribution is -0.123. The van der Waals surface area contributed by atoms with E-state index in [1.807, 2.05) is 5.32 Å². The number of benzene rings is 2. The van der Waals surface area contributed by atoms with E-state index in [4.69, 9.17) is 9.47 Å². The zero-order valence-corrected chi connectivity index (χ0v) is 13.7. The topological polar surface area (TPSA) is 84.9 Å². The van der Waals surface area contributed by atoms with Crippen LogP contribution in [0.25, 0.3) is 0 Å². The van der Waals surface area contributed by atoms with Gasteiger partial charge in [-0.1, -0.05) is 0 Å². The molecule has 2 N–H and O–H groups in total. The molecule has 0 aliphatic carbocycles. The molecule has 0 heterocycles. The van der Waals surface area contributed by atoms with Crippen molar-refractivity contribution in [2.24, 2.45) is 0 Å². The van der Waals surface area contributed by atoms with Crippen molar-refractivity contribution < 1.29 is 37.3 Å². The Labute approximate surface area is 146 Å². The molecule has 1 amide bonds. The number of nitrogens with one attached hydrogen (secondary N) is 1. The number of amides is 1. The molecule has 0 bridgehead atoms. The van der Waals surface area contributed by atoms with Gasteiger partial charge in [0.1, 0.15) is 17.1 Å². The summed E-state index contributed by atoms with van der Waals surface area (Å²) in [5, 5.41) is 11.8. The Morgan fingerprint density at radius 1 is 1.12 bits per heavy atom. The third kappa shape index (κ3) is 4.05. The molecule has 0 radical (unpaired) electrons. The van der Waals surface area contributed by atoms with Gasteiger partial charge in [0.25, 0.3) is 5.91 Å². The minimum Gasteiger partial charge on any atom is -0.507 e. The molecular weight excluding hydrogens is 355 g/mol. The molecule has 0 aliphatic heterocycles. The number of carbonyl (C=O) groups excluding carboxylic acids is 2. The van der Waals surface area contributed by atoms with Crippen LogP contribution in [0, 0.1) is 17.5 Å². The summed E-state index contributed by atoms with van der Waals surface area (Å²) in [6.45, 7) is 1.19. The Balaban J connectivity index is 2.07. The molecule has 2 aromatic carbocycles. The zero-order chi connectivity index (χ0) is 19.4. The van der Waals surface area contributed by atoms with E-state index in [2.05, 4.69) is 0 Å². The van der Waals surface area contributed by atoms with Crippen LogP contribution < -0.4 is 10.1 Å². The molecule has 0 aliphatic rings. The second-order valence-corrected chi connectivity index (χ2v) is 5.14. The first-order valence-corrected chi connectivity index (χ1v) is 7.27. The van der Waals surface area contributed by atoms with Crippen molar-refractivity contribution in [1.29, 1.82) is 0 Å². The summed E-state index contributed by atoms with van der Waals surface area (Å²) in [5.41, 5.74) is -0.825. The highest BCUT2D eigenvalue weighted by molar-refractivity contribution is 5.98. The average molecular weight is 369 g/mol. The minimum absolute atomic E-state index is 0.218. The van der Waals surface area contributed by atoms with Crippen LogP contribution in [0.15, 0.2) is 30.3 Å². The number of carbonyl (C=O) groups is 2. The lowest BCUT2D eigenvalue weighted by Gasteiger charge is -2.15. The highest BCUT2D eigenvalue weighted by Crippen LogP contribution is 2.25. The van der Waals surface area contributed by atoms with E-state index in [0.29, 0.717) is 11.8 Å². The van der Waals surface area contributed by atoms with Crippen LogP contribution in [0.2, 0.25) is 0 Å². The lowest BCUT2D eigenvalue weighted by atomic mass is 10.2. The number of ether oxygens (including phenoxy) is 2. The SMILES string of the molecule is COc1ccc(C(=O)O[C@@H](C)C(=O)Nc2ccc(F)c(F)c2F)c(O)c1. The molecule has 6 nitrogen and oxygen atoms in total. The number of aromatic hydroxyl groups is 1. The third-order valence-corrected chi connectivity index (χ3v) is 3.37. The van der Waals surface area contributed by atoms with Gasteiger partial charge in [-0.3, -0.25) is 4.79 Å². The lowest BCUT2D eigenvalue weighted by Crippen LogP contribution is -2.30. The summed E-state index contributed by atoms with van der Waals surface area (Å²) >= 11 is 0. The molecule has 0 fully saturated rings. The molecule has 1 atom stereocenters. The van der Waals surface area contributed by atoms with E-state index in [9.17, 15) is 27.9 Å². The number of halogens is 3. The molecule has 2 rings (SSSR count). The molecule has 26 heavy (non-hydrogen) atoms. The number of anilines is 1. The Morgan fingerprint density at radius 3 is 2.42 bits per heavy atom. The van der Waals surface area contributed by atoms with Crippen LogP contribution in [-0.2, 0) is 9.53 Å². The van der Waals surface area contributed by atoms with Gasteiger partial charge in [0, 0.05) is 6.07 Å². The fourth-order valence-corrected chi connectivity index (χ4v) is 1.95. The molecular formula is C17H14F3NO5. The molecule has 0 aromatic heterocycles. The summed E-state index contributed by atoms with van der Waals surface area (Å²) < 4.78 is 49.3. The fourth-order valence-electron chi connectivity index (χ4n) is 1.95. The van der Waals surface area contributed by atoms with Crippen LogP contribution in [0.4, 0.5) is 18.9 Å². The number of hydrogen-bond acceptors (Lipinski definition) is 5. The van der Waals surface area contributed by atoms with Crippen molar-refractivity contribution in [2.45, 2.75) is 13.0 Å². The summed E-state index contributed by atoms with van der Waals surface area (Å²) in [6.07, 6.45) is -1.41. The molecule has 2 aromatic rings. The van der Waals surface area contributed by atoms with Gasteiger partial charge >= 0.3 is 5.97 Å². The average Bonchev–Trinajstić information content (AvgIpc) is 2.61. The fraction of sp³-hybridized carbons (Fsp3) is 0.176. The van der Waals surface area contributed by atoms with Gasteiger partial charge in [-0.2, -0.15) is 0 Å². The largest absolute Gasteiger partial charge is 0.507 e. The minimum atomic E-state index is -1.74. The second-order valence-electron chi connectivity index (χ2n) is 5.14. The van der Waals surface area contributed by atoms with E-state index in [1.54, 1.807) is 0 Å². The van der Waals surface area contributed by atoms with E-state index in [1.165, 1.54) is 32.2 Å². The normalized spacial score (nSPS) is 11.6. The Hall–Kier alpha value is -3.23. The number of rotatable bonds is 5. The van der Waals surface area contributed by atoms with Crippen molar-refractivity contribution in [2.75, 3.05) is 12.4 Å². The van der Waals surface area contributed by atoms with Crippen molar-refractivity contribution >= 4 is 17.6 Å². The van der Waals surface area contributed by atoms with Crippen molar-refractivity contribution in [1.82, 2.24) is 0 Å².